The van der Waals surface area contributed by atoms with E-state index in [0.29, 0.717) is 11.4 Å². The monoisotopic (exact) mass is 556 g/mol. The number of hydrogen-bond acceptors (Lipinski definition) is 7. The number of nitrogens with zero attached hydrogens (tertiary/aromatic N) is 3. The van der Waals surface area contributed by atoms with Crippen molar-refractivity contribution in [3.05, 3.63) is 103 Å². The highest BCUT2D eigenvalue weighted by atomic mass is 32.2. The summed E-state index contributed by atoms with van der Waals surface area (Å²) in [7, 11) is -3.85. The van der Waals surface area contributed by atoms with Gasteiger partial charge in [-0.2, -0.15) is 0 Å². The smallest absolute Gasteiger partial charge is 0.264 e. The van der Waals surface area contributed by atoms with E-state index in [4.69, 9.17) is 4.98 Å². The van der Waals surface area contributed by atoms with Crippen LogP contribution in [0.1, 0.15) is 6.42 Å². The molecule has 0 saturated heterocycles. The van der Waals surface area contributed by atoms with Gasteiger partial charge >= 0.3 is 0 Å². The summed E-state index contributed by atoms with van der Waals surface area (Å²) in [5, 5.41) is 3.53. The third-order valence-corrected chi connectivity index (χ3v) is 7.82. The molecule has 0 atom stereocenters. The summed E-state index contributed by atoms with van der Waals surface area (Å²) < 4.78 is 27.4. The number of nitrogens with one attached hydrogen (secondary N) is 3. The molecule has 0 radical (unpaired) electrons. The lowest BCUT2D eigenvalue weighted by Gasteiger charge is -2.08. The van der Waals surface area contributed by atoms with Crippen LogP contribution in [0.5, 0.6) is 0 Å². The quantitative estimate of drug-likeness (QED) is 0.195. The SMILES string of the molecule is O=C(CCSc1nc(-c2ccccc2)c(-c2ccccc2)[nH]1)Nc1ccc(S(=O)(=O)Nc2ncccn2)cc1. The molecule has 0 aliphatic rings. The van der Waals surface area contributed by atoms with Gasteiger partial charge in [0.1, 0.15) is 0 Å². The molecule has 2 aromatic heterocycles. The number of imidazole rings is 1. The van der Waals surface area contributed by atoms with Gasteiger partial charge in [0.05, 0.1) is 16.3 Å². The lowest BCUT2D eigenvalue weighted by atomic mass is 10.1. The van der Waals surface area contributed by atoms with E-state index in [0.717, 1.165) is 27.7 Å². The second-order valence-corrected chi connectivity index (χ2v) is 11.1. The Morgan fingerprint density at radius 1 is 0.821 bits per heavy atom. The summed E-state index contributed by atoms with van der Waals surface area (Å²) >= 11 is 1.46. The van der Waals surface area contributed by atoms with Crippen molar-refractivity contribution >= 4 is 39.3 Å². The van der Waals surface area contributed by atoms with Gasteiger partial charge in [0, 0.05) is 41.4 Å². The Balaban J connectivity index is 1.19. The van der Waals surface area contributed by atoms with Crippen LogP contribution in [0.4, 0.5) is 11.6 Å². The third-order valence-electron chi connectivity index (χ3n) is 5.60. The zero-order chi connectivity index (χ0) is 27.1. The summed E-state index contributed by atoms with van der Waals surface area (Å²) in [5.41, 5.74) is 4.32. The van der Waals surface area contributed by atoms with Gasteiger partial charge in [-0.15, -0.1) is 0 Å². The molecule has 5 aromatic rings. The van der Waals surface area contributed by atoms with Crippen LogP contribution < -0.4 is 10.0 Å². The van der Waals surface area contributed by atoms with Gasteiger partial charge in [0.15, 0.2) is 5.16 Å². The number of carbonyl (C=O) groups excluding carboxylic acids is 1. The fourth-order valence-corrected chi connectivity index (χ4v) is 5.52. The fraction of sp³-hybridized carbons (Fsp3) is 0.0714. The van der Waals surface area contributed by atoms with Crippen molar-refractivity contribution < 1.29 is 13.2 Å². The number of carbonyl (C=O) groups is 1. The van der Waals surface area contributed by atoms with Crippen LogP contribution in [-0.4, -0.2) is 40.0 Å². The normalized spacial score (nSPS) is 11.2. The van der Waals surface area contributed by atoms with Gasteiger partial charge in [-0.05, 0) is 30.3 Å². The molecule has 0 bridgehead atoms. The summed E-state index contributed by atoms with van der Waals surface area (Å²) in [6.07, 6.45) is 3.13. The highest BCUT2D eigenvalue weighted by molar-refractivity contribution is 7.99. The van der Waals surface area contributed by atoms with Crippen LogP contribution in [0.15, 0.2) is 113 Å². The lowest BCUT2D eigenvalue weighted by Crippen LogP contribution is -2.15. The zero-order valence-corrected chi connectivity index (χ0v) is 22.2. The summed E-state index contributed by atoms with van der Waals surface area (Å²) in [5.74, 6) is 0.303. The van der Waals surface area contributed by atoms with Crippen molar-refractivity contribution in [3.63, 3.8) is 0 Å². The zero-order valence-electron chi connectivity index (χ0n) is 20.6. The molecule has 0 saturated carbocycles. The van der Waals surface area contributed by atoms with Gasteiger partial charge in [0.2, 0.25) is 11.9 Å². The number of hydrogen-bond donors (Lipinski definition) is 3. The molecule has 3 N–H and O–H groups in total. The van der Waals surface area contributed by atoms with Crippen LogP contribution >= 0.6 is 11.8 Å². The predicted molar refractivity (Wildman–Crippen MR) is 153 cm³/mol. The van der Waals surface area contributed by atoms with Crippen LogP contribution in [-0.2, 0) is 14.8 Å². The Morgan fingerprint density at radius 2 is 1.46 bits per heavy atom. The van der Waals surface area contributed by atoms with E-state index in [9.17, 15) is 13.2 Å². The number of H-pyrrole nitrogens is 1. The average Bonchev–Trinajstić information content (AvgIpc) is 3.39. The molecular formula is C28H24N6O3S2. The summed E-state index contributed by atoms with van der Waals surface area (Å²) in [6.45, 7) is 0. The highest BCUT2D eigenvalue weighted by Crippen LogP contribution is 2.32. The summed E-state index contributed by atoms with van der Waals surface area (Å²) in [4.78, 5) is 28.5. The van der Waals surface area contributed by atoms with Crippen LogP contribution in [0, 0.1) is 0 Å². The second-order valence-electron chi connectivity index (χ2n) is 8.35. The first-order valence-corrected chi connectivity index (χ1v) is 14.5. The lowest BCUT2D eigenvalue weighted by molar-refractivity contribution is -0.115. The standard InChI is InChI=1S/C28H24N6O3S2/c35-24(31-22-12-14-23(15-13-22)39(36,37)34-27-29-17-7-18-30-27)16-19-38-28-32-25(20-8-3-1-4-9-20)26(33-28)21-10-5-2-6-11-21/h1-15,17-18H,16,19H2,(H,31,35)(H,32,33)(H,29,30,34). The Bertz CT molecular complexity index is 1590. The number of anilines is 2. The Morgan fingerprint density at radius 3 is 2.13 bits per heavy atom. The maximum atomic E-state index is 12.5. The van der Waals surface area contributed by atoms with Gasteiger partial charge < -0.3 is 10.3 Å². The minimum absolute atomic E-state index is 0.0179. The predicted octanol–water partition coefficient (Wildman–Crippen LogP) is 5.46. The maximum absolute atomic E-state index is 12.5. The molecule has 0 fully saturated rings. The number of benzene rings is 3. The number of aromatic amines is 1. The van der Waals surface area contributed by atoms with Gasteiger partial charge in [-0.3, -0.25) is 4.79 Å². The number of aromatic nitrogens is 4. The van der Waals surface area contributed by atoms with E-state index in [1.165, 1.54) is 48.4 Å². The van der Waals surface area contributed by atoms with Crippen molar-refractivity contribution in [3.8, 4) is 22.5 Å². The Kier molecular flexibility index (Phi) is 7.99. The van der Waals surface area contributed by atoms with Crippen molar-refractivity contribution in [2.24, 2.45) is 0 Å². The molecule has 11 heteroatoms. The Labute approximate surface area is 230 Å². The van der Waals surface area contributed by atoms with Gasteiger partial charge in [0.25, 0.3) is 10.0 Å². The summed E-state index contributed by atoms with van der Waals surface area (Å²) in [6, 6.07) is 27.5. The second kappa shape index (κ2) is 11.9. The Hall–Kier alpha value is -4.48. The largest absolute Gasteiger partial charge is 0.332 e. The number of sulfonamides is 1. The average molecular weight is 557 g/mol. The third kappa shape index (κ3) is 6.70. The molecule has 1 amide bonds. The van der Waals surface area contributed by atoms with Crippen molar-refractivity contribution in [1.29, 1.82) is 0 Å². The van der Waals surface area contributed by atoms with Crippen molar-refractivity contribution in [2.45, 2.75) is 16.5 Å². The first kappa shape index (κ1) is 26.1. The van der Waals surface area contributed by atoms with E-state index in [2.05, 4.69) is 25.0 Å². The molecule has 2 heterocycles. The topological polar surface area (TPSA) is 130 Å². The van der Waals surface area contributed by atoms with E-state index in [-0.39, 0.29) is 23.2 Å². The first-order valence-electron chi connectivity index (χ1n) is 12.0. The molecule has 0 spiro atoms. The molecule has 9 nitrogen and oxygen atoms in total. The van der Waals surface area contributed by atoms with Gasteiger partial charge in [-0.1, -0.05) is 72.4 Å². The van der Waals surface area contributed by atoms with Crippen LogP contribution in [0.2, 0.25) is 0 Å². The highest BCUT2D eigenvalue weighted by Gasteiger charge is 2.17. The maximum Gasteiger partial charge on any atom is 0.264 e. The molecule has 5 rings (SSSR count). The molecule has 3 aromatic carbocycles. The minimum atomic E-state index is -3.85. The van der Waals surface area contributed by atoms with Crippen LogP contribution in [0.25, 0.3) is 22.5 Å². The fourth-order valence-electron chi connectivity index (χ4n) is 3.75. The number of rotatable bonds is 10. The molecular weight excluding hydrogens is 532 g/mol. The first-order chi connectivity index (χ1) is 19.0. The van der Waals surface area contributed by atoms with E-state index in [1.54, 1.807) is 6.07 Å². The van der Waals surface area contributed by atoms with Gasteiger partial charge in [-0.25, -0.2) is 28.1 Å². The van der Waals surface area contributed by atoms with Crippen molar-refractivity contribution in [2.75, 3.05) is 15.8 Å². The molecule has 0 unspecified atom stereocenters. The van der Waals surface area contributed by atoms with E-state index < -0.39 is 10.0 Å². The molecule has 39 heavy (non-hydrogen) atoms. The van der Waals surface area contributed by atoms with Crippen LogP contribution in [0.3, 0.4) is 0 Å². The molecule has 0 aliphatic carbocycles. The minimum Gasteiger partial charge on any atom is -0.332 e. The molecule has 0 aliphatic heterocycles. The number of thioether (sulfide) groups is 1. The van der Waals surface area contributed by atoms with E-state index in [1.807, 2.05) is 60.7 Å². The number of amides is 1. The molecule has 196 valence electrons. The van der Waals surface area contributed by atoms with E-state index >= 15 is 0 Å². The van der Waals surface area contributed by atoms with Crippen molar-refractivity contribution in [1.82, 2.24) is 19.9 Å².